The molecule has 1 amide bonds. The van der Waals surface area contributed by atoms with Crippen LogP contribution >= 0.6 is 0 Å². The van der Waals surface area contributed by atoms with Gasteiger partial charge in [-0.3, -0.25) is 4.79 Å². The van der Waals surface area contributed by atoms with Crippen LogP contribution in [0, 0.1) is 5.92 Å². The van der Waals surface area contributed by atoms with Gasteiger partial charge in [0.2, 0.25) is 5.91 Å². The largest absolute Gasteiger partial charge is 0.399 e. The summed E-state index contributed by atoms with van der Waals surface area (Å²) in [5.74, 6) is 0.833. The molecule has 23 heavy (non-hydrogen) atoms. The van der Waals surface area contributed by atoms with Gasteiger partial charge in [0.15, 0.2) is 0 Å². The van der Waals surface area contributed by atoms with E-state index in [1.54, 1.807) is 0 Å². The predicted molar refractivity (Wildman–Crippen MR) is 96.2 cm³/mol. The minimum atomic E-state index is 0.121. The van der Waals surface area contributed by atoms with Gasteiger partial charge in [-0.15, -0.1) is 0 Å². The third kappa shape index (κ3) is 5.54. The first-order chi connectivity index (χ1) is 11.1. The number of para-hydroxylation sites is 1. The summed E-state index contributed by atoms with van der Waals surface area (Å²) in [6, 6.07) is 8.21. The minimum Gasteiger partial charge on any atom is -0.399 e. The summed E-state index contributed by atoms with van der Waals surface area (Å²) < 4.78 is 0. The summed E-state index contributed by atoms with van der Waals surface area (Å²) in [7, 11) is 4.24. The van der Waals surface area contributed by atoms with Gasteiger partial charge in [-0.1, -0.05) is 37.5 Å². The van der Waals surface area contributed by atoms with Crippen molar-refractivity contribution in [2.24, 2.45) is 5.92 Å². The van der Waals surface area contributed by atoms with Crippen molar-refractivity contribution in [3.63, 3.8) is 0 Å². The van der Waals surface area contributed by atoms with Crippen molar-refractivity contribution in [3.05, 3.63) is 29.8 Å². The smallest absolute Gasteiger partial charge is 0.220 e. The maximum atomic E-state index is 12.2. The van der Waals surface area contributed by atoms with Crippen LogP contribution in [-0.2, 0) is 11.2 Å². The van der Waals surface area contributed by atoms with Crippen LogP contribution < -0.4 is 11.1 Å². The molecule has 0 aliphatic heterocycles. The van der Waals surface area contributed by atoms with Crippen molar-refractivity contribution in [1.29, 1.82) is 0 Å². The van der Waals surface area contributed by atoms with E-state index >= 15 is 0 Å². The number of aryl methyl sites for hydroxylation is 1. The topological polar surface area (TPSA) is 58.4 Å². The number of rotatable bonds is 7. The molecule has 4 nitrogen and oxygen atoms in total. The van der Waals surface area contributed by atoms with Gasteiger partial charge in [-0.25, -0.2) is 0 Å². The summed E-state index contributed by atoms with van der Waals surface area (Å²) in [5, 5.41) is 3.13. The molecule has 0 heterocycles. The van der Waals surface area contributed by atoms with Crippen molar-refractivity contribution < 1.29 is 4.79 Å². The second-order valence-corrected chi connectivity index (χ2v) is 6.93. The standard InChI is InChI=1S/C19H31N3O/c1-22(2)18(16-9-4-3-5-10-16)14-21-19(23)13-12-15-8-6-7-11-17(15)20/h6-8,11,16,18H,3-5,9-10,12-14,20H2,1-2H3,(H,21,23). The Balaban J connectivity index is 1.78. The number of hydrogen-bond acceptors (Lipinski definition) is 3. The van der Waals surface area contributed by atoms with E-state index in [2.05, 4.69) is 24.3 Å². The van der Waals surface area contributed by atoms with Crippen LogP contribution in [0.3, 0.4) is 0 Å². The molecule has 2 rings (SSSR count). The molecule has 1 unspecified atom stereocenters. The lowest BCUT2D eigenvalue weighted by atomic mass is 9.83. The lowest BCUT2D eigenvalue weighted by Crippen LogP contribution is -2.45. The maximum absolute atomic E-state index is 12.2. The summed E-state index contributed by atoms with van der Waals surface area (Å²) in [5.41, 5.74) is 7.75. The Bertz CT molecular complexity index is 495. The van der Waals surface area contributed by atoms with E-state index in [9.17, 15) is 4.79 Å². The van der Waals surface area contributed by atoms with Crippen molar-refractivity contribution in [1.82, 2.24) is 10.2 Å². The molecular formula is C19H31N3O. The van der Waals surface area contributed by atoms with Gasteiger partial charge in [-0.05, 0) is 50.9 Å². The molecule has 0 radical (unpaired) electrons. The molecule has 1 fully saturated rings. The molecule has 1 aliphatic carbocycles. The highest BCUT2D eigenvalue weighted by molar-refractivity contribution is 5.76. The van der Waals surface area contributed by atoms with Crippen LogP contribution in [0.15, 0.2) is 24.3 Å². The Hall–Kier alpha value is -1.55. The lowest BCUT2D eigenvalue weighted by molar-refractivity contribution is -0.121. The van der Waals surface area contributed by atoms with Gasteiger partial charge in [0.05, 0.1) is 0 Å². The third-order valence-electron chi connectivity index (χ3n) is 5.04. The number of nitrogens with one attached hydrogen (secondary N) is 1. The van der Waals surface area contributed by atoms with Gasteiger partial charge >= 0.3 is 0 Å². The molecule has 1 aromatic rings. The van der Waals surface area contributed by atoms with Crippen molar-refractivity contribution >= 4 is 11.6 Å². The van der Waals surface area contributed by atoms with Gasteiger partial charge in [-0.2, -0.15) is 0 Å². The van der Waals surface area contributed by atoms with Crippen molar-refractivity contribution in [3.8, 4) is 0 Å². The van der Waals surface area contributed by atoms with Gasteiger partial charge < -0.3 is 16.0 Å². The van der Waals surface area contributed by atoms with E-state index in [0.717, 1.165) is 17.8 Å². The number of amides is 1. The molecule has 0 saturated heterocycles. The first-order valence-electron chi connectivity index (χ1n) is 8.84. The second-order valence-electron chi connectivity index (χ2n) is 6.93. The van der Waals surface area contributed by atoms with E-state index in [0.29, 0.717) is 24.8 Å². The summed E-state index contributed by atoms with van der Waals surface area (Å²) in [6.45, 7) is 0.751. The number of nitrogens with two attached hydrogens (primary N) is 1. The zero-order chi connectivity index (χ0) is 16.7. The fraction of sp³-hybridized carbons (Fsp3) is 0.632. The molecule has 3 N–H and O–H groups in total. The molecular weight excluding hydrogens is 286 g/mol. The number of benzene rings is 1. The molecule has 1 aromatic carbocycles. The highest BCUT2D eigenvalue weighted by Crippen LogP contribution is 2.28. The average molecular weight is 317 g/mol. The summed E-state index contributed by atoms with van der Waals surface area (Å²) in [6.07, 6.45) is 7.81. The lowest BCUT2D eigenvalue weighted by Gasteiger charge is -2.35. The fourth-order valence-electron chi connectivity index (χ4n) is 3.61. The number of nitrogen functional groups attached to an aromatic ring is 1. The van der Waals surface area contributed by atoms with Crippen LogP contribution in [0.1, 0.15) is 44.1 Å². The zero-order valence-corrected chi connectivity index (χ0v) is 14.6. The zero-order valence-electron chi connectivity index (χ0n) is 14.6. The Labute approximate surface area is 140 Å². The molecule has 1 atom stereocenters. The van der Waals surface area contributed by atoms with E-state index < -0.39 is 0 Å². The SMILES string of the molecule is CN(C)C(CNC(=O)CCc1ccccc1N)C1CCCCC1. The Kier molecular flexibility index (Phi) is 6.90. The average Bonchev–Trinajstić information content (AvgIpc) is 2.55. The Morgan fingerprint density at radius 2 is 1.96 bits per heavy atom. The van der Waals surface area contributed by atoms with Crippen molar-refractivity contribution in [2.75, 3.05) is 26.4 Å². The quantitative estimate of drug-likeness (QED) is 0.760. The maximum Gasteiger partial charge on any atom is 0.220 e. The first-order valence-corrected chi connectivity index (χ1v) is 8.84. The van der Waals surface area contributed by atoms with Gasteiger partial charge in [0.1, 0.15) is 0 Å². The number of carbonyl (C=O) groups is 1. The Morgan fingerprint density at radius 3 is 2.61 bits per heavy atom. The minimum absolute atomic E-state index is 0.121. The highest BCUT2D eigenvalue weighted by atomic mass is 16.1. The molecule has 0 spiro atoms. The van der Waals surface area contributed by atoms with Gasteiger partial charge in [0.25, 0.3) is 0 Å². The first kappa shape index (κ1) is 17.8. The van der Waals surface area contributed by atoms with Crippen molar-refractivity contribution in [2.45, 2.75) is 51.0 Å². The predicted octanol–water partition coefficient (Wildman–Crippen LogP) is 2.83. The van der Waals surface area contributed by atoms with Crippen LogP contribution in [0.5, 0.6) is 0 Å². The number of anilines is 1. The molecule has 1 saturated carbocycles. The fourth-order valence-corrected chi connectivity index (χ4v) is 3.61. The molecule has 0 bridgehead atoms. The number of carbonyl (C=O) groups excluding carboxylic acids is 1. The molecule has 0 aromatic heterocycles. The van der Waals surface area contributed by atoms with Crippen LogP contribution in [0.4, 0.5) is 5.69 Å². The molecule has 4 heteroatoms. The molecule has 128 valence electrons. The van der Waals surface area contributed by atoms with Gasteiger partial charge in [0, 0.05) is 24.7 Å². The van der Waals surface area contributed by atoms with Crippen LogP contribution in [0.25, 0.3) is 0 Å². The number of hydrogen-bond donors (Lipinski definition) is 2. The Morgan fingerprint density at radius 1 is 1.26 bits per heavy atom. The summed E-state index contributed by atoms with van der Waals surface area (Å²) in [4.78, 5) is 14.4. The third-order valence-corrected chi connectivity index (χ3v) is 5.04. The highest BCUT2D eigenvalue weighted by Gasteiger charge is 2.25. The second kappa shape index (κ2) is 8.92. The van der Waals surface area contributed by atoms with E-state index in [1.165, 1.54) is 32.1 Å². The van der Waals surface area contributed by atoms with E-state index in [-0.39, 0.29) is 5.91 Å². The van der Waals surface area contributed by atoms with Crippen LogP contribution in [-0.4, -0.2) is 37.5 Å². The number of nitrogens with zero attached hydrogens (tertiary/aromatic N) is 1. The monoisotopic (exact) mass is 317 g/mol. The van der Waals surface area contributed by atoms with Crippen LogP contribution in [0.2, 0.25) is 0 Å². The van der Waals surface area contributed by atoms with E-state index in [4.69, 9.17) is 5.73 Å². The number of likely N-dealkylation sites (N-methyl/N-ethyl adjacent to an activating group) is 1. The molecule has 1 aliphatic rings. The normalized spacial score (nSPS) is 17.2. The van der Waals surface area contributed by atoms with E-state index in [1.807, 2.05) is 24.3 Å². The summed E-state index contributed by atoms with van der Waals surface area (Å²) >= 11 is 0.